The van der Waals surface area contributed by atoms with Gasteiger partial charge in [-0.3, -0.25) is 9.78 Å². The van der Waals surface area contributed by atoms with Crippen LogP contribution in [-0.2, 0) is 4.79 Å². The molecule has 21 heavy (non-hydrogen) atoms. The van der Waals surface area contributed by atoms with Crippen molar-refractivity contribution in [3.8, 4) is 0 Å². The summed E-state index contributed by atoms with van der Waals surface area (Å²) in [5.41, 5.74) is 0.838. The predicted molar refractivity (Wildman–Crippen MR) is 83.3 cm³/mol. The topological polar surface area (TPSA) is 70.5 Å². The predicted octanol–water partition coefficient (Wildman–Crippen LogP) is 2.15. The number of aromatic nitrogens is 1. The fourth-order valence-electron chi connectivity index (χ4n) is 2.39. The number of carboxylic acid groups (broad SMARTS) is 1. The Morgan fingerprint density at radius 1 is 1.38 bits per heavy atom. The lowest BCUT2D eigenvalue weighted by Gasteiger charge is -2.34. The largest absolute Gasteiger partial charge is 0.478 e. The highest BCUT2D eigenvalue weighted by molar-refractivity contribution is 8.00. The van der Waals surface area contributed by atoms with Gasteiger partial charge in [-0.2, -0.15) is 11.8 Å². The van der Waals surface area contributed by atoms with Crippen molar-refractivity contribution in [1.29, 1.82) is 0 Å². The Morgan fingerprint density at radius 2 is 2.05 bits per heavy atom. The molecule has 0 aromatic carbocycles. The highest BCUT2D eigenvalue weighted by Gasteiger charge is 2.28. The second-order valence-electron chi connectivity index (χ2n) is 5.08. The molecule has 112 valence electrons. The molecule has 5 nitrogen and oxygen atoms in total. The summed E-state index contributed by atoms with van der Waals surface area (Å²) in [5, 5.41) is 9.49. The number of nitrogens with zero attached hydrogens (tertiary/aromatic N) is 2. The third-order valence-corrected chi connectivity index (χ3v) is 4.38. The van der Waals surface area contributed by atoms with Crippen molar-refractivity contribution < 1.29 is 14.7 Å². The van der Waals surface area contributed by atoms with Gasteiger partial charge in [-0.25, -0.2) is 4.79 Å². The van der Waals surface area contributed by atoms with Crippen LogP contribution in [0.4, 0.5) is 0 Å². The Labute approximate surface area is 128 Å². The summed E-state index contributed by atoms with van der Waals surface area (Å²) in [6, 6.07) is 3.39. The van der Waals surface area contributed by atoms with Gasteiger partial charge in [0.05, 0.1) is 0 Å². The molecule has 1 aromatic heterocycles. The van der Waals surface area contributed by atoms with E-state index in [0.717, 1.165) is 6.08 Å². The zero-order valence-electron chi connectivity index (χ0n) is 12.0. The lowest BCUT2D eigenvalue weighted by atomic mass is 10.1. The number of aliphatic carboxylic acids is 1. The van der Waals surface area contributed by atoms with Gasteiger partial charge in [-0.15, -0.1) is 0 Å². The molecular formula is C15H18N2O3S. The lowest BCUT2D eigenvalue weighted by Crippen LogP contribution is -2.44. The van der Waals surface area contributed by atoms with Gasteiger partial charge in [-0.05, 0) is 12.1 Å². The van der Waals surface area contributed by atoms with Crippen LogP contribution in [0.2, 0.25) is 0 Å². The number of hydrogen-bond donors (Lipinski definition) is 1. The molecule has 6 heteroatoms. The van der Waals surface area contributed by atoms with Crippen LogP contribution in [0.3, 0.4) is 0 Å². The fourth-order valence-corrected chi connectivity index (χ4v) is 3.71. The summed E-state index contributed by atoms with van der Waals surface area (Å²) in [6.07, 6.45) is 3.98. The first-order valence-electron chi connectivity index (χ1n) is 6.78. The Morgan fingerprint density at radius 3 is 2.67 bits per heavy atom. The zero-order valence-corrected chi connectivity index (χ0v) is 12.8. The van der Waals surface area contributed by atoms with Crippen LogP contribution < -0.4 is 0 Å². The second kappa shape index (κ2) is 6.76. The first kappa shape index (κ1) is 15.6. The SMILES string of the molecule is CC1CN(C(=O)c2ncccc2/C=C/C(=O)O)CC(C)S1. The number of amides is 1. The van der Waals surface area contributed by atoms with E-state index in [0.29, 0.717) is 34.8 Å². The third-order valence-electron chi connectivity index (χ3n) is 3.15. The van der Waals surface area contributed by atoms with Crippen LogP contribution in [0, 0.1) is 0 Å². The minimum atomic E-state index is -1.05. The molecule has 2 heterocycles. The molecule has 0 spiro atoms. The van der Waals surface area contributed by atoms with Crippen LogP contribution in [0.15, 0.2) is 24.4 Å². The number of hydrogen-bond acceptors (Lipinski definition) is 4. The summed E-state index contributed by atoms with van der Waals surface area (Å²) in [6.45, 7) is 5.58. The van der Waals surface area contributed by atoms with Gasteiger partial charge in [0.2, 0.25) is 0 Å². The van der Waals surface area contributed by atoms with E-state index in [-0.39, 0.29) is 5.91 Å². The normalized spacial score (nSPS) is 22.5. The minimum absolute atomic E-state index is 0.139. The lowest BCUT2D eigenvalue weighted by molar-refractivity contribution is -0.131. The Balaban J connectivity index is 2.24. The van der Waals surface area contributed by atoms with Gasteiger partial charge in [0.25, 0.3) is 5.91 Å². The van der Waals surface area contributed by atoms with Crippen LogP contribution in [0.5, 0.6) is 0 Å². The number of pyridine rings is 1. The van der Waals surface area contributed by atoms with Gasteiger partial charge in [0, 0.05) is 41.4 Å². The molecule has 0 saturated carbocycles. The molecule has 0 radical (unpaired) electrons. The van der Waals surface area contributed by atoms with Crippen LogP contribution >= 0.6 is 11.8 Å². The number of thioether (sulfide) groups is 1. The van der Waals surface area contributed by atoms with E-state index < -0.39 is 5.97 Å². The van der Waals surface area contributed by atoms with E-state index in [9.17, 15) is 9.59 Å². The smallest absolute Gasteiger partial charge is 0.328 e. The fraction of sp³-hybridized carbons (Fsp3) is 0.400. The molecule has 1 aliphatic rings. The van der Waals surface area contributed by atoms with Crippen LogP contribution in [0.25, 0.3) is 6.08 Å². The molecule has 1 aliphatic heterocycles. The first-order valence-corrected chi connectivity index (χ1v) is 7.72. The summed E-state index contributed by atoms with van der Waals surface area (Å²) in [5.74, 6) is -1.19. The molecule has 2 atom stereocenters. The Kier molecular flexibility index (Phi) is 5.01. The third kappa shape index (κ3) is 4.07. The molecule has 1 fully saturated rings. The maximum absolute atomic E-state index is 12.6. The molecule has 2 unspecified atom stereocenters. The number of carbonyl (C=O) groups excluding carboxylic acids is 1. The standard InChI is InChI=1S/C15H18N2O3S/c1-10-8-17(9-11(2)21-10)15(20)14-12(4-3-7-16-14)5-6-13(18)19/h3-7,10-11H,8-9H2,1-2H3,(H,18,19)/b6-5+. The van der Waals surface area contributed by atoms with E-state index in [1.165, 1.54) is 6.08 Å². The molecule has 0 bridgehead atoms. The quantitative estimate of drug-likeness (QED) is 0.866. The van der Waals surface area contributed by atoms with Gasteiger partial charge < -0.3 is 10.0 Å². The minimum Gasteiger partial charge on any atom is -0.478 e. The average Bonchev–Trinajstić information content (AvgIpc) is 2.43. The highest BCUT2D eigenvalue weighted by atomic mass is 32.2. The summed E-state index contributed by atoms with van der Waals surface area (Å²) in [7, 11) is 0. The second-order valence-corrected chi connectivity index (χ2v) is 6.96. The molecular weight excluding hydrogens is 288 g/mol. The van der Waals surface area contributed by atoms with E-state index in [4.69, 9.17) is 5.11 Å². The van der Waals surface area contributed by atoms with E-state index in [2.05, 4.69) is 18.8 Å². The average molecular weight is 306 g/mol. The van der Waals surface area contributed by atoms with E-state index >= 15 is 0 Å². The van der Waals surface area contributed by atoms with E-state index in [1.54, 1.807) is 23.2 Å². The highest BCUT2D eigenvalue weighted by Crippen LogP contribution is 2.26. The molecule has 2 rings (SSSR count). The molecule has 1 N–H and O–H groups in total. The Bertz CT molecular complexity index is 564. The molecule has 1 aromatic rings. The van der Waals surface area contributed by atoms with Gasteiger partial charge in [0.1, 0.15) is 5.69 Å². The van der Waals surface area contributed by atoms with Crippen molar-refractivity contribution >= 4 is 29.7 Å². The van der Waals surface area contributed by atoms with Crippen molar-refractivity contribution in [3.63, 3.8) is 0 Å². The maximum Gasteiger partial charge on any atom is 0.328 e. The molecule has 1 amide bonds. The van der Waals surface area contributed by atoms with Gasteiger partial charge >= 0.3 is 5.97 Å². The number of carboxylic acids is 1. The maximum atomic E-state index is 12.6. The molecule has 1 saturated heterocycles. The van der Waals surface area contributed by atoms with Crippen LogP contribution in [0.1, 0.15) is 29.9 Å². The van der Waals surface area contributed by atoms with Crippen LogP contribution in [-0.4, -0.2) is 50.5 Å². The summed E-state index contributed by atoms with van der Waals surface area (Å²) < 4.78 is 0. The van der Waals surface area contributed by atoms with Crippen molar-refractivity contribution in [1.82, 2.24) is 9.88 Å². The number of carbonyl (C=O) groups is 2. The van der Waals surface area contributed by atoms with Gasteiger partial charge in [0.15, 0.2) is 0 Å². The van der Waals surface area contributed by atoms with Crippen molar-refractivity contribution in [3.05, 3.63) is 35.7 Å². The molecule has 0 aliphatic carbocycles. The van der Waals surface area contributed by atoms with Crippen molar-refractivity contribution in [2.24, 2.45) is 0 Å². The monoisotopic (exact) mass is 306 g/mol. The Hall–Kier alpha value is -1.82. The first-order chi connectivity index (χ1) is 9.97. The van der Waals surface area contributed by atoms with Crippen molar-refractivity contribution in [2.75, 3.05) is 13.1 Å². The number of rotatable bonds is 3. The van der Waals surface area contributed by atoms with E-state index in [1.807, 2.05) is 11.8 Å². The van der Waals surface area contributed by atoms with Gasteiger partial charge in [-0.1, -0.05) is 19.9 Å². The summed E-state index contributed by atoms with van der Waals surface area (Å²) in [4.78, 5) is 29.2. The van der Waals surface area contributed by atoms with Crippen molar-refractivity contribution in [2.45, 2.75) is 24.3 Å². The summed E-state index contributed by atoms with van der Waals surface area (Å²) >= 11 is 1.87. The zero-order chi connectivity index (χ0) is 15.4.